The summed E-state index contributed by atoms with van der Waals surface area (Å²) in [6.45, 7) is 1.92. The van der Waals surface area contributed by atoms with Gasteiger partial charge in [-0.3, -0.25) is 4.79 Å². The lowest BCUT2D eigenvalue weighted by molar-refractivity contribution is -0.116. The molecule has 3 heterocycles. The fourth-order valence-electron chi connectivity index (χ4n) is 4.01. The van der Waals surface area contributed by atoms with E-state index in [-0.39, 0.29) is 11.8 Å². The maximum absolute atomic E-state index is 12.7. The first-order valence-electron chi connectivity index (χ1n) is 10.0. The molecule has 1 amide bonds. The van der Waals surface area contributed by atoms with Crippen LogP contribution < -0.4 is 10.1 Å². The van der Waals surface area contributed by atoms with Crippen molar-refractivity contribution in [3.05, 3.63) is 76.0 Å². The summed E-state index contributed by atoms with van der Waals surface area (Å²) in [5.74, 6) is 1.28. The van der Waals surface area contributed by atoms with Gasteiger partial charge in [-0.2, -0.15) is 14.9 Å². The van der Waals surface area contributed by atoms with Gasteiger partial charge in [-0.15, -0.1) is 5.10 Å². The number of methoxy groups -OCH3 is 1. The molecule has 0 saturated heterocycles. The van der Waals surface area contributed by atoms with Crippen molar-refractivity contribution in [3.63, 3.8) is 0 Å². The van der Waals surface area contributed by atoms with Gasteiger partial charge in [0.2, 0.25) is 5.91 Å². The maximum Gasteiger partial charge on any atom is 0.272 e. The lowest BCUT2D eigenvalue weighted by atomic mass is 9.85. The summed E-state index contributed by atoms with van der Waals surface area (Å²) in [5.41, 5.74) is 4.26. The third kappa shape index (κ3) is 3.54. The molecular weight excluding hydrogens is 472 g/mol. The number of fused-ring (bicyclic) bond motifs is 1. The van der Waals surface area contributed by atoms with Gasteiger partial charge < -0.3 is 10.1 Å². The lowest BCUT2D eigenvalue weighted by Gasteiger charge is -2.25. The number of aromatic nitrogens is 5. The van der Waals surface area contributed by atoms with Crippen molar-refractivity contribution in [2.45, 2.75) is 19.3 Å². The molecule has 0 aliphatic carbocycles. The molecule has 9 heteroatoms. The van der Waals surface area contributed by atoms with Gasteiger partial charge in [-0.05, 0) is 30.7 Å². The Bertz CT molecular complexity index is 1320. The molecule has 160 valence electrons. The van der Waals surface area contributed by atoms with E-state index in [0.29, 0.717) is 23.9 Å². The van der Waals surface area contributed by atoms with E-state index in [4.69, 9.17) is 4.74 Å². The van der Waals surface area contributed by atoms with Crippen LogP contribution in [0.1, 0.15) is 29.2 Å². The molecule has 2 aromatic heterocycles. The number of aryl methyl sites for hydroxylation is 1. The Hall–Kier alpha value is -3.59. The molecule has 0 saturated carbocycles. The predicted octanol–water partition coefficient (Wildman–Crippen LogP) is 4.28. The van der Waals surface area contributed by atoms with Crippen LogP contribution in [0.4, 0.5) is 5.82 Å². The quantitative estimate of drug-likeness (QED) is 0.458. The normalized spacial score (nSPS) is 15.2. The number of hydrogen-bond acceptors (Lipinski definition) is 6. The van der Waals surface area contributed by atoms with Crippen LogP contribution in [0.2, 0.25) is 0 Å². The minimum absolute atomic E-state index is 0.106. The monoisotopic (exact) mass is 490 g/mol. The Kier molecular flexibility index (Phi) is 5.18. The van der Waals surface area contributed by atoms with E-state index in [9.17, 15) is 4.79 Å². The summed E-state index contributed by atoms with van der Waals surface area (Å²) in [4.78, 5) is 17.4. The third-order valence-electron chi connectivity index (χ3n) is 5.49. The van der Waals surface area contributed by atoms with E-state index in [0.717, 1.165) is 32.6 Å². The maximum atomic E-state index is 12.7. The highest BCUT2D eigenvalue weighted by atomic mass is 79.9. The summed E-state index contributed by atoms with van der Waals surface area (Å²) in [6, 6.07) is 15.5. The molecule has 0 radical (unpaired) electrons. The zero-order valence-electron chi connectivity index (χ0n) is 17.4. The SMILES string of the molecule is COc1ccc(Br)c(C2CC(=O)Nc3c2c(C)nn3-c2nncc(-c3ccccc3)n2)c1. The van der Waals surface area contributed by atoms with E-state index in [2.05, 4.69) is 41.5 Å². The van der Waals surface area contributed by atoms with E-state index >= 15 is 0 Å². The smallest absolute Gasteiger partial charge is 0.272 e. The topological polar surface area (TPSA) is 94.8 Å². The number of nitrogens with zero attached hydrogens (tertiary/aromatic N) is 5. The number of carbonyl (C=O) groups is 1. The molecule has 1 unspecified atom stereocenters. The van der Waals surface area contributed by atoms with Gasteiger partial charge in [0.05, 0.1) is 24.7 Å². The molecule has 0 spiro atoms. The summed E-state index contributed by atoms with van der Waals surface area (Å²) in [5, 5.41) is 15.9. The molecule has 8 nitrogen and oxygen atoms in total. The zero-order chi connectivity index (χ0) is 22.2. The number of nitrogens with one attached hydrogen (secondary N) is 1. The average molecular weight is 491 g/mol. The molecule has 1 N–H and O–H groups in total. The third-order valence-corrected chi connectivity index (χ3v) is 6.21. The van der Waals surface area contributed by atoms with Gasteiger partial charge in [-0.25, -0.2) is 4.98 Å². The second-order valence-corrected chi connectivity index (χ2v) is 8.31. The highest BCUT2D eigenvalue weighted by Crippen LogP contribution is 2.43. The van der Waals surface area contributed by atoms with E-state index in [1.54, 1.807) is 18.0 Å². The van der Waals surface area contributed by atoms with Crippen LogP contribution in [0, 0.1) is 6.92 Å². The molecule has 2 aromatic carbocycles. The van der Waals surface area contributed by atoms with Crippen LogP contribution in [0.25, 0.3) is 17.2 Å². The first-order chi connectivity index (χ1) is 15.5. The molecule has 0 bridgehead atoms. The van der Waals surface area contributed by atoms with Crippen LogP contribution in [-0.2, 0) is 4.79 Å². The summed E-state index contributed by atoms with van der Waals surface area (Å²) >= 11 is 3.63. The highest BCUT2D eigenvalue weighted by Gasteiger charge is 2.34. The van der Waals surface area contributed by atoms with Crippen LogP contribution in [0.3, 0.4) is 0 Å². The molecule has 5 rings (SSSR count). The van der Waals surface area contributed by atoms with Crippen molar-refractivity contribution in [2.24, 2.45) is 0 Å². The van der Waals surface area contributed by atoms with Gasteiger partial charge in [0.1, 0.15) is 11.6 Å². The van der Waals surface area contributed by atoms with E-state index < -0.39 is 0 Å². The summed E-state index contributed by atoms with van der Waals surface area (Å²) in [7, 11) is 1.62. The molecule has 1 aliphatic rings. The van der Waals surface area contributed by atoms with Crippen molar-refractivity contribution in [1.29, 1.82) is 0 Å². The number of hydrogen-bond donors (Lipinski definition) is 1. The number of anilines is 1. The van der Waals surface area contributed by atoms with Gasteiger partial charge >= 0.3 is 0 Å². The summed E-state index contributed by atoms with van der Waals surface area (Å²) < 4.78 is 7.87. The van der Waals surface area contributed by atoms with Crippen molar-refractivity contribution >= 4 is 27.7 Å². The predicted molar refractivity (Wildman–Crippen MR) is 123 cm³/mol. The van der Waals surface area contributed by atoms with E-state index in [1.807, 2.05) is 55.5 Å². The molecule has 1 aliphatic heterocycles. The van der Waals surface area contributed by atoms with Crippen LogP contribution in [0.15, 0.2) is 59.2 Å². The highest BCUT2D eigenvalue weighted by molar-refractivity contribution is 9.10. The number of amides is 1. The standard InChI is InChI=1S/C23H19BrN6O2/c1-13-21-17(16-10-15(32-2)8-9-18(16)24)11-20(31)27-22(21)30(29-13)23-26-19(12-25-28-23)14-6-4-3-5-7-14/h3-10,12,17H,11H2,1-2H3,(H,27,31). The minimum atomic E-state index is -0.192. The Balaban J connectivity index is 1.64. The number of ether oxygens (including phenoxy) is 1. The Morgan fingerprint density at radius 2 is 2.00 bits per heavy atom. The average Bonchev–Trinajstić information content (AvgIpc) is 3.15. The van der Waals surface area contributed by atoms with Gasteiger partial charge in [0.25, 0.3) is 5.95 Å². The van der Waals surface area contributed by atoms with Gasteiger partial charge in [0, 0.05) is 27.9 Å². The van der Waals surface area contributed by atoms with Crippen molar-refractivity contribution in [1.82, 2.24) is 25.0 Å². The van der Waals surface area contributed by atoms with Crippen molar-refractivity contribution < 1.29 is 9.53 Å². The van der Waals surface area contributed by atoms with E-state index in [1.165, 1.54) is 0 Å². The number of carbonyl (C=O) groups excluding carboxylic acids is 1. The fourth-order valence-corrected chi connectivity index (χ4v) is 4.53. The second kappa shape index (κ2) is 8.16. The molecule has 1 atom stereocenters. The minimum Gasteiger partial charge on any atom is -0.497 e. The first-order valence-corrected chi connectivity index (χ1v) is 10.8. The van der Waals surface area contributed by atoms with Crippen LogP contribution >= 0.6 is 15.9 Å². The van der Waals surface area contributed by atoms with Crippen LogP contribution in [-0.4, -0.2) is 38.0 Å². The largest absolute Gasteiger partial charge is 0.497 e. The Morgan fingerprint density at radius 1 is 1.19 bits per heavy atom. The molecule has 0 fully saturated rings. The second-order valence-electron chi connectivity index (χ2n) is 7.46. The number of benzene rings is 2. The van der Waals surface area contributed by atoms with Crippen LogP contribution in [0.5, 0.6) is 5.75 Å². The van der Waals surface area contributed by atoms with Gasteiger partial charge in [-0.1, -0.05) is 46.3 Å². The molecule has 32 heavy (non-hydrogen) atoms. The summed E-state index contributed by atoms with van der Waals surface area (Å²) in [6.07, 6.45) is 1.91. The van der Waals surface area contributed by atoms with Crippen molar-refractivity contribution in [3.8, 4) is 23.0 Å². The fraction of sp³-hybridized carbons (Fsp3) is 0.174. The first kappa shape index (κ1) is 20.3. The van der Waals surface area contributed by atoms with Gasteiger partial charge in [0.15, 0.2) is 0 Å². The van der Waals surface area contributed by atoms with Crippen molar-refractivity contribution in [2.75, 3.05) is 12.4 Å². The Labute approximate surface area is 192 Å². The zero-order valence-corrected chi connectivity index (χ0v) is 19.0. The lowest BCUT2D eigenvalue weighted by Crippen LogP contribution is -2.25. The number of rotatable bonds is 4. The molecular formula is C23H19BrN6O2. The molecule has 4 aromatic rings. The number of halogens is 1. The Morgan fingerprint density at radius 3 is 2.78 bits per heavy atom.